The highest BCUT2D eigenvalue weighted by Gasteiger charge is 1.95. The molecule has 0 heterocycles. The number of allylic oxidation sites excluding steroid dienone is 2. The SMILES string of the molecule is CC(CO)CCO.CCC(=COC=C(CC)CC)CC. The summed E-state index contributed by atoms with van der Waals surface area (Å²) in [5.74, 6) is 0.255. The van der Waals surface area contributed by atoms with E-state index in [1.54, 1.807) is 0 Å². The molecule has 0 aliphatic heterocycles. The van der Waals surface area contributed by atoms with Crippen LogP contribution in [0.15, 0.2) is 23.7 Å². The summed E-state index contributed by atoms with van der Waals surface area (Å²) in [6.45, 7) is 10.9. The van der Waals surface area contributed by atoms with E-state index in [1.165, 1.54) is 11.1 Å². The molecule has 0 bridgehead atoms. The average Bonchev–Trinajstić information content (AvgIpc) is 2.48. The quantitative estimate of drug-likeness (QED) is 0.617. The van der Waals surface area contributed by atoms with Crippen LogP contribution in [0.5, 0.6) is 0 Å². The van der Waals surface area contributed by atoms with Crippen LogP contribution in [0.4, 0.5) is 0 Å². The Balaban J connectivity index is 0. The minimum absolute atomic E-state index is 0.181. The van der Waals surface area contributed by atoms with Crippen LogP contribution in [0.3, 0.4) is 0 Å². The first-order valence-electron chi connectivity index (χ1n) is 7.82. The first-order chi connectivity index (χ1) is 9.59. The van der Waals surface area contributed by atoms with E-state index in [0.717, 1.165) is 25.7 Å². The normalized spacial score (nSPS) is 10.9. The van der Waals surface area contributed by atoms with Gasteiger partial charge in [0.2, 0.25) is 0 Å². The standard InChI is InChI=1S/C12H22O.C5H12O2/c1-5-11(6-2)9-13-10-12(7-3)8-4;1-5(4-7)2-3-6/h9-10H,5-8H2,1-4H3;5-7H,2-4H2,1H3. The molecule has 0 saturated heterocycles. The Bertz CT molecular complexity index is 225. The van der Waals surface area contributed by atoms with Gasteiger partial charge < -0.3 is 14.9 Å². The van der Waals surface area contributed by atoms with Gasteiger partial charge in [-0.05, 0) is 49.2 Å². The molecule has 0 radical (unpaired) electrons. The Morgan fingerprint density at radius 1 is 0.900 bits per heavy atom. The zero-order valence-electron chi connectivity index (χ0n) is 14.0. The summed E-state index contributed by atoms with van der Waals surface area (Å²) in [7, 11) is 0. The molecule has 0 spiro atoms. The summed E-state index contributed by atoms with van der Waals surface area (Å²) in [4.78, 5) is 0. The van der Waals surface area contributed by atoms with Crippen LogP contribution in [0.25, 0.3) is 0 Å². The molecule has 3 nitrogen and oxygen atoms in total. The summed E-state index contributed by atoms with van der Waals surface area (Å²) in [5.41, 5.74) is 2.73. The largest absolute Gasteiger partial charge is 0.473 e. The van der Waals surface area contributed by atoms with Crippen LogP contribution < -0.4 is 0 Å². The minimum Gasteiger partial charge on any atom is -0.473 e. The van der Waals surface area contributed by atoms with E-state index in [4.69, 9.17) is 14.9 Å². The fraction of sp³-hybridized carbons (Fsp3) is 0.765. The Labute approximate surface area is 125 Å². The second-order valence-electron chi connectivity index (χ2n) is 4.90. The van der Waals surface area contributed by atoms with Crippen LogP contribution in [0.1, 0.15) is 66.7 Å². The lowest BCUT2D eigenvalue weighted by molar-refractivity contribution is 0.194. The third-order valence-corrected chi connectivity index (χ3v) is 3.22. The Hall–Kier alpha value is -0.800. The van der Waals surface area contributed by atoms with E-state index < -0.39 is 0 Å². The van der Waals surface area contributed by atoms with Crippen LogP contribution in [-0.2, 0) is 4.74 Å². The van der Waals surface area contributed by atoms with Crippen molar-refractivity contribution < 1.29 is 14.9 Å². The highest BCUT2D eigenvalue weighted by molar-refractivity contribution is 5.00. The highest BCUT2D eigenvalue weighted by Crippen LogP contribution is 2.08. The Morgan fingerprint density at radius 3 is 1.50 bits per heavy atom. The minimum atomic E-state index is 0.181. The summed E-state index contributed by atoms with van der Waals surface area (Å²) >= 11 is 0. The number of aliphatic hydroxyl groups is 2. The average molecular weight is 286 g/mol. The van der Waals surface area contributed by atoms with Gasteiger partial charge in [-0.25, -0.2) is 0 Å². The van der Waals surface area contributed by atoms with Gasteiger partial charge in [0.15, 0.2) is 0 Å². The maximum Gasteiger partial charge on any atom is 0.0893 e. The van der Waals surface area contributed by atoms with Gasteiger partial charge in [-0.1, -0.05) is 34.6 Å². The zero-order chi connectivity index (χ0) is 15.8. The van der Waals surface area contributed by atoms with Crippen molar-refractivity contribution in [2.75, 3.05) is 13.2 Å². The molecular weight excluding hydrogens is 252 g/mol. The number of aliphatic hydroxyl groups excluding tert-OH is 2. The number of hydrogen-bond donors (Lipinski definition) is 2. The van der Waals surface area contributed by atoms with E-state index in [0.29, 0.717) is 6.42 Å². The molecule has 120 valence electrons. The molecule has 0 aromatic carbocycles. The van der Waals surface area contributed by atoms with Crippen molar-refractivity contribution in [1.82, 2.24) is 0 Å². The smallest absolute Gasteiger partial charge is 0.0893 e. The fourth-order valence-corrected chi connectivity index (χ4v) is 1.37. The van der Waals surface area contributed by atoms with Crippen LogP contribution >= 0.6 is 0 Å². The van der Waals surface area contributed by atoms with Crippen LogP contribution in [0.2, 0.25) is 0 Å². The molecule has 1 unspecified atom stereocenters. The van der Waals surface area contributed by atoms with E-state index in [2.05, 4.69) is 27.7 Å². The number of hydrogen-bond acceptors (Lipinski definition) is 3. The zero-order valence-corrected chi connectivity index (χ0v) is 14.0. The predicted octanol–water partition coefficient (Wildman–Crippen LogP) is 4.41. The maximum atomic E-state index is 8.35. The van der Waals surface area contributed by atoms with E-state index in [9.17, 15) is 0 Å². The Morgan fingerprint density at radius 2 is 1.30 bits per heavy atom. The predicted molar refractivity (Wildman–Crippen MR) is 86.4 cm³/mol. The van der Waals surface area contributed by atoms with Gasteiger partial charge in [0, 0.05) is 13.2 Å². The summed E-state index contributed by atoms with van der Waals surface area (Å²) in [6.07, 6.45) is 8.79. The molecule has 1 atom stereocenters. The fourth-order valence-electron chi connectivity index (χ4n) is 1.37. The number of ether oxygens (including phenoxy) is 1. The molecule has 0 fully saturated rings. The van der Waals surface area contributed by atoms with Crippen molar-refractivity contribution in [3.05, 3.63) is 23.7 Å². The van der Waals surface area contributed by atoms with Crippen molar-refractivity contribution in [3.63, 3.8) is 0 Å². The van der Waals surface area contributed by atoms with Gasteiger partial charge in [0.05, 0.1) is 12.5 Å². The third-order valence-electron chi connectivity index (χ3n) is 3.22. The van der Waals surface area contributed by atoms with Crippen molar-refractivity contribution in [2.24, 2.45) is 5.92 Å². The van der Waals surface area contributed by atoms with Crippen molar-refractivity contribution in [3.8, 4) is 0 Å². The van der Waals surface area contributed by atoms with Crippen molar-refractivity contribution in [1.29, 1.82) is 0 Å². The van der Waals surface area contributed by atoms with Gasteiger partial charge in [0.1, 0.15) is 0 Å². The second kappa shape index (κ2) is 16.3. The first-order valence-corrected chi connectivity index (χ1v) is 7.82. The van der Waals surface area contributed by atoms with Gasteiger partial charge in [-0.15, -0.1) is 0 Å². The third kappa shape index (κ3) is 13.6. The molecular formula is C17H34O3. The van der Waals surface area contributed by atoms with Gasteiger partial charge in [-0.2, -0.15) is 0 Å². The molecule has 20 heavy (non-hydrogen) atoms. The number of rotatable bonds is 9. The van der Waals surface area contributed by atoms with E-state index in [-0.39, 0.29) is 19.1 Å². The molecule has 0 aromatic rings. The lowest BCUT2D eigenvalue weighted by atomic mass is 10.1. The Kier molecular flexibility index (Phi) is 17.5. The van der Waals surface area contributed by atoms with Crippen molar-refractivity contribution in [2.45, 2.75) is 66.7 Å². The molecule has 3 heteroatoms. The van der Waals surface area contributed by atoms with Crippen LogP contribution in [-0.4, -0.2) is 23.4 Å². The summed E-state index contributed by atoms with van der Waals surface area (Å²) in [6, 6.07) is 0. The first kappa shape index (κ1) is 21.5. The highest BCUT2D eigenvalue weighted by atomic mass is 16.5. The summed E-state index contributed by atoms with van der Waals surface area (Å²) < 4.78 is 5.40. The van der Waals surface area contributed by atoms with Gasteiger partial charge in [0.25, 0.3) is 0 Å². The molecule has 0 rings (SSSR count). The topological polar surface area (TPSA) is 49.7 Å². The lowest BCUT2D eigenvalue weighted by Crippen LogP contribution is -2.01. The lowest BCUT2D eigenvalue weighted by Gasteiger charge is -2.01. The molecule has 0 aliphatic rings. The van der Waals surface area contributed by atoms with E-state index in [1.807, 2.05) is 19.4 Å². The van der Waals surface area contributed by atoms with Crippen LogP contribution in [0, 0.1) is 5.92 Å². The monoisotopic (exact) mass is 286 g/mol. The summed E-state index contributed by atoms with van der Waals surface area (Å²) in [5, 5.41) is 16.6. The molecule has 0 aromatic heterocycles. The second-order valence-corrected chi connectivity index (χ2v) is 4.90. The molecule has 0 aliphatic carbocycles. The molecule has 0 saturated carbocycles. The van der Waals surface area contributed by atoms with Gasteiger partial charge in [-0.3, -0.25) is 0 Å². The van der Waals surface area contributed by atoms with Crippen molar-refractivity contribution >= 4 is 0 Å². The maximum absolute atomic E-state index is 8.35. The van der Waals surface area contributed by atoms with Gasteiger partial charge >= 0.3 is 0 Å². The molecule has 0 amide bonds. The molecule has 2 N–H and O–H groups in total. The van der Waals surface area contributed by atoms with E-state index >= 15 is 0 Å².